The molecule has 0 bridgehead atoms. The van der Waals surface area contributed by atoms with E-state index in [-0.39, 0.29) is 6.03 Å². The molecular formula is C20H20N4O4. The van der Waals surface area contributed by atoms with Crippen LogP contribution in [-0.2, 0) is 0 Å². The second-order valence-electron chi connectivity index (χ2n) is 5.69. The molecule has 3 aromatic rings. The number of benzene rings is 2. The van der Waals surface area contributed by atoms with Crippen molar-refractivity contribution < 1.29 is 19.0 Å². The van der Waals surface area contributed by atoms with Crippen LogP contribution < -0.4 is 24.8 Å². The molecule has 0 saturated carbocycles. The van der Waals surface area contributed by atoms with Crippen molar-refractivity contribution in [1.82, 2.24) is 10.2 Å². The first kappa shape index (κ1) is 19.0. The summed E-state index contributed by atoms with van der Waals surface area (Å²) < 4.78 is 15.4. The van der Waals surface area contributed by atoms with Crippen LogP contribution in [0.1, 0.15) is 0 Å². The number of carbonyl (C=O) groups excluding carboxylic acids is 1. The maximum atomic E-state index is 12.2. The summed E-state index contributed by atoms with van der Waals surface area (Å²) in [6, 6.07) is 15.6. The molecule has 0 radical (unpaired) electrons. The highest BCUT2D eigenvalue weighted by molar-refractivity contribution is 6.00. The molecule has 2 aromatic carbocycles. The van der Waals surface area contributed by atoms with E-state index in [0.717, 1.165) is 5.56 Å². The molecule has 8 heteroatoms. The molecular weight excluding hydrogens is 360 g/mol. The lowest BCUT2D eigenvalue weighted by Gasteiger charge is -2.11. The minimum Gasteiger partial charge on any atom is -0.493 e. The fourth-order valence-corrected chi connectivity index (χ4v) is 2.51. The third-order valence-corrected chi connectivity index (χ3v) is 3.93. The molecule has 0 aliphatic carbocycles. The van der Waals surface area contributed by atoms with Crippen LogP contribution in [-0.4, -0.2) is 37.6 Å². The van der Waals surface area contributed by atoms with E-state index in [2.05, 4.69) is 20.8 Å². The van der Waals surface area contributed by atoms with Gasteiger partial charge in [0.2, 0.25) is 5.88 Å². The maximum absolute atomic E-state index is 12.2. The summed E-state index contributed by atoms with van der Waals surface area (Å²) in [4.78, 5) is 12.2. The zero-order valence-corrected chi connectivity index (χ0v) is 15.7. The van der Waals surface area contributed by atoms with E-state index in [1.807, 2.05) is 18.2 Å². The molecule has 3 rings (SSSR count). The second kappa shape index (κ2) is 8.72. The van der Waals surface area contributed by atoms with E-state index >= 15 is 0 Å². The Kier molecular flexibility index (Phi) is 5.91. The van der Waals surface area contributed by atoms with Crippen LogP contribution in [0.15, 0.2) is 54.6 Å². The number of carbonyl (C=O) groups is 1. The van der Waals surface area contributed by atoms with Crippen LogP contribution in [0, 0.1) is 0 Å². The number of anilines is 2. The van der Waals surface area contributed by atoms with E-state index in [1.165, 1.54) is 14.2 Å². The molecule has 0 aliphatic heterocycles. The van der Waals surface area contributed by atoms with Crippen molar-refractivity contribution >= 4 is 17.4 Å². The highest BCUT2D eigenvalue weighted by atomic mass is 16.5. The lowest BCUT2D eigenvalue weighted by atomic mass is 10.1. The molecule has 0 aliphatic rings. The normalized spacial score (nSPS) is 10.1. The number of hydrogen-bond donors (Lipinski definition) is 2. The van der Waals surface area contributed by atoms with E-state index in [9.17, 15) is 4.79 Å². The topological polar surface area (TPSA) is 94.6 Å². The maximum Gasteiger partial charge on any atom is 0.323 e. The van der Waals surface area contributed by atoms with Crippen molar-refractivity contribution in [3.05, 3.63) is 54.6 Å². The summed E-state index contributed by atoms with van der Waals surface area (Å²) in [5, 5.41) is 13.6. The Balaban J connectivity index is 1.64. The number of nitrogens with one attached hydrogen (secondary N) is 2. The summed E-state index contributed by atoms with van der Waals surface area (Å²) in [5.74, 6) is 1.57. The molecule has 0 unspecified atom stereocenters. The first-order chi connectivity index (χ1) is 13.6. The molecule has 0 saturated heterocycles. The number of rotatable bonds is 6. The molecule has 0 atom stereocenters. The zero-order chi connectivity index (χ0) is 19.9. The number of aromatic nitrogens is 2. The Morgan fingerprint density at radius 2 is 1.43 bits per heavy atom. The van der Waals surface area contributed by atoms with Gasteiger partial charge in [0.25, 0.3) is 0 Å². The SMILES string of the molecule is COc1ccc(-c2ccc(NC(=O)Nc3ccc(OC)c(OC)c3)cc2)nn1. The quantitative estimate of drug-likeness (QED) is 0.675. The molecule has 1 heterocycles. The third kappa shape index (κ3) is 4.47. The number of urea groups is 1. The summed E-state index contributed by atoms with van der Waals surface area (Å²) in [6.45, 7) is 0. The predicted molar refractivity (Wildman–Crippen MR) is 106 cm³/mol. The van der Waals surface area contributed by atoms with Gasteiger partial charge in [0, 0.05) is 29.1 Å². The van der Waals surface area contributed by atoms with Gasteiger partial charge in [-0.15, -0.1) is 10.2 Å². The van der Waals surface area contributed by atoms with Crippen LogP contribution in [0.4, 0.5) is 16.2 Å². The van der Waals surface area contributed by atoms with Gasteiger partial charge in [-0.25, -0.2) is 4.79 Å². The lowest BCUT2D eigenvalue weighted by molar-refractivity contribution is 0.262. The highest BCUT2D eigenvalue weighted by Crippen LogP contribution is 2.29. The van der Waals surface area contributed by atoms with Gasteiger partial charge in [-0.1, -0.05) is 12.1 Å². The third-order valence-electron chi connectivity index (χ3n) is 3.93. The van der Waals surface area contributed by atoms with Crippen molar-refractivity contribution in [2.75, 3.05) is 32.0 Å². The van der Waals surface area contributed by atoms with Crippen molar-refractivity contribution in [2.45, 2.75) is 0 Å². The summed E-state index contributed by atoms with van der Waals surface area (Å²) in [5.41, 5.74) is 2.81. The minimum atomic E-state index is -0.371. The standard InChI is InChI=1S/C20H20N4O4/c1-26-17-10-8-15(12-18(17)27-2)22-20(25)21-14-6-4-13(5-7-14)16-9-11-19(28-3)24-23-16/h4-12H,1-3H3,(H2,21,22,25). The number of methoxy groups -OCH3 is 3. The summed E-state index contributed by atoms with van der Waals surface area (Å²) >= 11 is 0. The largest absolute Gasteiger partial charge is 0.493 e. The average molecular weight is 380 g/mol. The van der Waals surface area contributed by atoms with Gasteiger partial charge in [0.05, 0.1) is 27.0 Å². The molecule has 2 N–H and O–H groups in total. The van der Waals surface area contributed by atoms with E-state index in [1.54, 1.807) is 43.5 Å². The monoisotopic (exact) mass is 380 g/mol. The van der Waals surface area contributed by atoms with Crippen LogP contribution in [0.2, 0.25) is 0 Å². The van der Waals surface area contributed by atoms with Crippen LogP contribution in [0.5, 0.6) is 17.4 Å². The molecule has 0 spiro atoms. The Morgan fingerprint density at radius 3 is 2.04 bits per heavy atom. The van der Waals surface area contributed by atoms with Gasteiger partial charge in [-0.2, -0.15) is 0 Å². The van der Waals surface area contributed by atoms with E-state index in [0.29, 0.717) is 34.4 Å². The molecule has 2 amide bonds. The average Bonchev–Trinajstić information content (AvgIpc) is 2.74. The Hall–Kier alpha value is -3.81. The van der Waals surface area contributed by atoms with Crippen LogP contribution >= 0.6 is 0 Å². The molecule has 0 fully saturated rings. The van der Waals surface area contributed by atoms with Gasteiger partial charge in [-0.3, -0.25) is 0 Å². The predicted octanol–water partition coefficient (Wildman–Crippen LogP) is 3.81. The van der Waals surface area contributed by atoms with Crippen molar-refractivity contribution in [1.29, 1.82) is 0 Å². The fraction of sp³-hybridized carbons (Fsp3) is 0.150. The number of nitrogens with zero attached hydrogens (tertiary/aromatic N) is 2. The Morgan fingerprint density at radius 1 is 0.750 bits per heavy atom. The fourth-order valence-electron chi connectivity index (χ4n) is 2.51. The van der Waals surface area contributed by atoms with Gasteiger partial charge < -0.3 is 24.8 Å². The highest BCUT2D eigenvalue weighted by Gasteiger charge is 2.08. The van der Waals surface area contributed by atoms with Crippen molar-refractivity contribution in [2.24, 2.45) is 0 Å². The van der Waals surface area contributed by atoms with Gasteiger partial charge >= 0.3 is 6.03 Å². The number of amides is 2. The van der Waals surface area contributed by atoms with Gasteiger partial charge in [0.1, 0.15) is 0 Å². The van der Waals surface area contributed by atoms with Crippen LogP contribution in [0.25, 0.3) is 11.3 Å². The molecule has 8 nitrogen and oxygen atoms in total. The zero-order valence-electron chi connectivity index (χ0n) is 15.7. The van der Waals surface area contributed by atoms with Gasteiger partial charge in [-0.05, 0) is 30.3 Å². The lowest BCUT2D eigenvalue weighted by Crippen LogP contribution is -2.19. The van der Waals surface area contributed by atoms with Crippen molar-refractivity contribution in [3.63, 3.8) is 0 Å². The minimum absolute atomic E-state index is 0.371. The van der Waals surface area contributed by atoms with Crippen LogP contribution in [0.3, 0.4) is 0 Å². The first-order valence-corrected chi connectivity index (χ1v) is 8.41. The number of ether oxygens (including phenoxy) is 3. The Labute approximate surface area is 162 Å². The van der Waals surface area contributed by atoms with Gasteiger partial charge in [0.15, 0.2) is 11.5 Å². The molecule has 28 heavy (non-hydrogen) atoms. The first-order valence-electron chi connectivity index (χ1n) is 8.41. The molecule has 1 aromatic heterocycles. The second-order valence-corrected chi connectivity index (χ2v) is 5.69. The summed E-state index contributed by atoms with van der Waals surface area (Å²) in [7, 11) is 4.63. The Bertz CT molecular complexity index is 943. The van der Waals surface area contributed by atoms with E-state index in [4.69, 9.17) is 14.2 Å². The smallest absolute Gasteiger partial charge is 0.323 e. The van der Waals surface area contributed by atoms with Crippen molar-refractivity contribution in [3.8, 4) is 28.6 Å². The number of hydrogen-bond acceptors (Lipinski definition) is 6. The molecule has 144 valence electrons. The summed E-state index contributed by atoms with van der Waals surface area (Å²) in [6.07, 6.45) is 0. The van der Waals surface area contributed by atoms with E-state index < -0.39 is 0 Å².